The molecule has 1 heterocycles. The van der Waals surface area contributed by atoms with Crippen LogP contribution in [0.15, 0.2) is 23.2 Å². The molecule has 0 bridgehead atoms. The number of benzene rings is 1. The van der Waals surface area contributed by atoms with Crippen LogP contribution in [-0.4, -0.2) is 10.3 Å². The number of hydrogen-bond acceptors (Lipinski definition) is 2. The highest BCUT2D eigenvalue weighted by atomic mass is 35.5. The van der Waals surface area contributed by atoms with Crippen LogP contribution in [0.2, 0.25) is 5.02 Å². The summed E-state index contributed by atoms with van der Waals surface area (Å²) in [6, 6.07) is 5.24. The number of fused-ring (bicyclic) bond motifs is 1. The van der Waals surface area contributed by atoms with E-state index in [9.17, 15) is 5.11 Å². The summed E-state index contributed by atoms with van der Waals surface area (Å²) in [6.07, 6.45) is 1.42. The summed E-state index contributed by atoms with van der Waals surface area (Å²) in [5.74, 6) is 0. The normalized spacial score (nSPS) is 25.9. The molecule has 1 aliphatic rings. The third-order valence-electron chi connectivity index (χ3n) is 1.64. The largest absolute Gasteiger partial charge is 0.354 e. The standard InChI is InChI=1S/C8H5Cl2NO/c9-6-2-1-3-7-5(6)4-8(10,12)11-7/h1-4,12H. The average molecular weight is 202 g/mol. The molecule has 0 aliphatic carbocycles. The molecular formula is C8H5Cl2NO. The molecule has 1 aliphatic heterocycles. The van der Waals surface area contributed by atoms with E-state index >= 15 is 0 Å². The van der Waals surface area contributed by atoms with Gasteiger partial charge in [-0.25, -0.2) is 4.99 Å². The Morgan fingerprint density at radius 1 is 1.42 bits per heavy atom. The number of nitrogens with zero attached hydrogens (tertiary/aromatic N) is 1. The van der Waals surface area contributed by atoms with Gasteiger partial charge in [0.1, 0.15) is 0 Å². The van der Waals surface area contributed by atoms with Crippen molar-refractivity contribution in [2.24, 2.45) is 4.99 Å². The monoisotopic (exact) mass is 201 g/mol. The lowest BCUT2D eigenvalue weighted by molar-refractivity contribution is 0.205. The molecular weight excluding hydrogens is 197 g/mol. The smallest absolute Gasteiger partial charge is 0.255 e. The number of aliphatic hydroxyl groups is 1. The van der Waals surface area contributed by atoms with E-state index in [0.29, 0.717) is 15.6 Å². The zero-order valence-corrected chi connectivity index (χ0v) is 7.47. The van der Waals surface area contributed by atoms with E-state index in [-0.39, 0.29) is 0 Å². The first-order valence-corrected chi connectivity index (χ1v) is 4.13. The Kier molecular flexibility index (Phi) is 1.65. The van der Waals surface area contributed by atoms with Crippen molar-refractivity contribution in [2.45, 2.75) is 5.18 Å². The predicted molar refractivity (Wildman–Crippen MR) is 47.5 cm³/mol. The van der Waals surface area contributed by atoms with E-state index in [2.05, 4.69) is 4.99 Å². The summed E-state index contributed by atoms with van der Waals surface area (Å²) in [5, 5.41) is 9.57. The maximum Gasteiger partial charge on any atom is 0.255 e. The van der Waals surface area contributed by atoms with Crippen molar-refractivity contribution in [3.8, 4) is 0 Å². The molecule has 4 heteroatoms. The van der Waals surface area contributed by atoms with Crippen LogP contribution in [0, 0.1) is 0 Å². The summed E-state index contributed by atoms with van der Waals surface area (Å²) in [5.41, 5.74) is 0. The Labute approximate surface area is 78.8 Å². The van der Waals surface area contributed by atoms with Gasteiger partial charge in [-0.15, -0.1) is 0 Å². The molecule has 0 spiro atoms. The van der Waals surface area contributed by atoms with E-state index < -0.39 is 5.18 Å². The molecule has 0 saturated heterocycles. The first-order chi connectivity index (χ1) is 5.58. The van der Waals surface area contributed by atoms with Gasteiger partial charge in [0.25, 0.3) is 5.18 Å². The third-order valence-corrected chi connectivity index (χ3v) is 2.16. The number of rotatable bonds is 0. The van der Waals surface area contributed by atoms with Gasteiger partial charge in [-0.2, -0.15) is 0 Å². The predicted octanol–water partition coefficient (Wildman–Crippen LogP) is 0.639. The molecule has 1 aromatic carbocycles. The van der Waals surface area contributed by atoms with Gasteiger partial charge in [0.05, 0.1) is 5.36 Å². The Morgan fingerprint density at radius 2 is 2.17 bits per heavy atom. The van der Waals surface area contributed by atoms with Crippen molar-refractivity contribution in [1.82, 2.24) is 0 Å². The summed E-state index contributed by atoms with van der Waals surface area (Å²) in [4.78, 5) is 3.83. The van der Waals surface area contributed by atoms with Crippen molar-refractivity contribution in [3.63, 3.8) is 0 Å². The SMILES string of the molecule is OC1(Cl)C=c2c(Cl)cccc2=N1. The molecule has 0 fully saturated rings. The van der Waals surface area contributed by atoms with Gasteiger partial charge in [-0.05, 0) is 18.2 Å². The van der Waals surface area contributed by atoms with Crippen LogP contribution >= 0.6 is 23.2 Å². The first-order valence-electron chi connectivity index (χ1n) is 3.37. The van der Waals surface area contributed by atoms with Gasteiger partial charge >= 0.3 is 0 Å². The highest BCUT2D eigenvalue weighted by Crippen LogP contribution is 2.16. The molecule has 12 heavy (non-hydrogen) atoms. The fourth-order valence-electron chi connectivity index (χ4n) is 1.15. The fraction of sp³-hybridized carbons (Fsp3) is 0.125. The van der Waals surface area contributed by atoms with Crippen LogP contribution in [0.1, 0.15) is 0 Å². The van der Waals surface area contributed by atoms with E-state index in [1.165, 1.54) is 6.08 Å². The Bertz CT molecular complexity index is 439. The molecule has 0 saturated carbocycles. The van der Waals surface area contributed by atoms with Crippen LogP contribution in [-0.2, 0) is 0 Å². The van der Waals surface area contributed by atoms with Gasteiger partial charge in [0, 0.05) is 10.2 Å². The second kappa shape index (κ2) is 2.46. The topological polar surface area (TPSA) is 32.6 Å². The van der Waals surface area contributed by atoms with E-state index in [4.69, 9.17) is 23.2 Å². The lowest BCUT2D eigenvalue weighted by atomic mass is 10.3. The lowest BCUT2D eigenvalue weighted by Crippen LogP contribution is -2.21. The van der Waals surface area contributed by atoms with Gasteiger partial charge in [-0.3, -0.25) is 0 Å². The van der Waals surface area contributed by atoms with Crippen molar-refractivity contribution in [3.05, 3.63) is 33.8 Å². The maximum absolute atomic E-state index is 9.32. The first kappa shape index (κ1) is 8.05. The van der Waals surface area contributed by atoms with E-state index in [1.54, 1.807) is 18.2 Å². The number of alkyl halides is 1. The number of hydrogen-bond donors (Lipinski definition) is 1. The summed E-state index contributed by atoms with van der Waals surface area (Å²) in [6.45, 7) is 0. The molecule has 1 unspecified atom stereocenters. The van der Waals surface area contributed by atoms with Gasteiger partial charge in [-0.1, -0.05) is 29.3 Å². The molecule has 0 amide bonds. The number of halogens is 2. The Hall–Kier alpha value is -0.570. The van der Waals surface area contributed by atoms with Crippen LogP contribution in [0.25, 0.3) is 6.08 Å². The molecule has 62 valence electrons. The molecule has 2 nitrogen and oxygen atoms in total. The average Bonchev–Trinajstić information content (AvgIpc) is 2.25. The Balaban J connectivity index is 2.86. The van der Waals surface area contributed by atoms with E-state index in [0.717, 1.165) is 0 Å². The van der Waals surface area contributed by atoms with Crippen LogP contribution in [0.4, 0.5) is 0 Å². The van der Waals surface area contributed by atoms with Crippen molar-refractivity contribution < 1.29 is 5.11 Å². The highest BCUT2D eigenvalue weighted by molar-refractivity contribution is 6.31. The van der Waals surface area contributed by atoms with Crippen LogP contribution in [0.3, 0.4) is 0 Å². The van der Waals surface area contributed by atoms with Crippen molar-refractivity contribution >= 4 is 29.3 Å². The molecule has 1 aromatic rings. The maximum atomic E-state index is 9.32. The highest BCUT2D eigenvalue weighted by Gasteiger charge is 2.22. The molecule has 2 rings (SSSR count). The minimum atomic E-state index is -1.62. The second-order valence-electron chi connectivity index (χ2n) is 2.57. The third kappa shape index (κ3) is 1.22. The van der Waals surface area contributed by atoms with Gasteiger partial charge < -0.3 is 5.11 Å². The molecule has 1 N–H and O–H groups in total. The fourth-order valence-corrected chi connectivity index (χ4v) is 1.58. The minimum Gasteiger partial charge on any atom is -0.354 e. The zero-order chi connectivity index (χ0) is 8.77. The zero-order valence-electron chi connectivity index (χ0n) is 5.96. The lowest BCUT2D eigenvalue weighted by Gasteiger charge is -2.03. The quantitative estimate of drug-likeness (QED) is 0.486. The van der Waals surface area contributed by atoms with Gasteiger partial charge in [0.2, 0.25) is 0 Å². The molecule has 0 radical (unpaired) electrons. The van der Waals surface area contributed by atoms with Crippen molar-refractivity contribution in [1.29, 1.82) is 0 Å². The van der Waals surface area contributed by atoms with E-state index in [1.807, 2.05) is 0 Å². The van der Waals surface area contributed by atoms with Crippen LogP contribution < -0.4 is 10.6 Å². The molecule has 0 aromatic heterocycles. The molecule has 1 atom stereocenters. The van der Waals surface area contributed by atoms with Gasteiger partial charge in [0.15, 0.2) is 0 Å². The summed E-state index contributed by atoms with van der Waals surface area (Å²) >= 11 is 11.4. The van der Waals surface area contributed by atoms with Crippen LogP contribution in [0.5, 0.6) is 0 Å². The summed E-state index contributed by atoms with van der Waals surface area (Å²) < 4.78 is 0. The van der Waals surface area contributed by atoms with Crippen molar-refractivity contribution in [2.75, 3.05) is 0 Å². The minimum absolute atomic E-state index is 0.549. The Morgan fingerprint density at radius 3 is 2.83 bits per heavy atom. The second-order valence-corrected chi connectivity index (χ2v) is 3.53. The summed E-state index contributed by atoms with van der Waals surface area (Å²) in [7, 11) is 0.